The zero-order chi connectivity index (χ0) is 14.0. The lowest BCUT2D eigenvalue weighted by molar-refractivity contribution is 0.0693. The monoisotopic (exact) mass is 259 g/mol. The fraction of sp³-hybridized carbons (Fsp3) is 0.133. The molecule has 0 aliphatic rings. The van der Waals surface area contributed by atoms with Gasteiger partial charge in [-0.25, -0.2) is 9.18 Å². The van der Waals surface area contributed by atoms with Crippen molar-refractivity contribution in [3.8, 4) is 0 Å². The van der Waals surface area contributed by atoms with Gasteiger partial charge < -0.3 is 10.4 Å². The van der Waals surface area contributed by atoms with Gasteiger partial charge in [0.15, 0.2) is 0 Å². The molecule has 0 aromatic heterocycles. The van der Waals surface area contributed by atoms with E-state index < -0.39 is 11.8 Å². The van der Waals surface area contributed by atoms with Crippen LogP contribution in [0, 0.1) is 19.7 Å². The number of aromatic carboxylic acids is 1. The molecule has 0 unspecified atom stereocenters. The third-order valence-electron chi connectivity index (χ3n) is 3.10. The highest BCUT2D eigenvalue weighted by atomic mass is 19.1. The number of rotatable bonds is 3. The van der Waals surface area contributed by atoms with Crippen molar-refractivity contribution >= 4 is 17.3 Å². The Morgan fingerprint density at radius 2 is 1.74 bits per heavy atom. The molecule has 0 spiro atoms. The topological polar surface area (TPSA) is 49.3 Å². The molecule has 0 radical (unpaired) electrons. The van der Waals surface area contributed by atoms with Crippen molar-refractivity contribution < 1.29 is 14.3 Å². The zero-order valence-electron chi connectivity index (χ0n) is 10.7. The molecule has 0 aliphatic carbocycles. The maximum absolute atomic E-state index is 13.6. The fourth-order valence-corrected chi connectivity index (χ4v) is 1.88. The summed E-state index contributed by atoms with van der Waals surface area (Å²) in [5.74, 6) is -2.03. The summed E-state index contributed by atoms with van der Waals surface area (Å²) < 4.78 is 13.6. The molecule has 0 saturated heterocycles. The Morgan fingerprint density at radius 1 is 1.11 bits per heavy atom. The molecule has 98 valence electrons. The Labute approximate surface area is 110 Å². The Kier molecular flexibility index (Phi) is 3.51. The summed E-state index contributed by atoms with van der Waals surface area (Å²) in [5.41, 5.74) is 2.76. The first-order chi connectivity index (χ1) is 9.00. The summed E-state index contributed by atoms with van der Waals surface area (Å²) in [7, 11) is 0. The van der Waals surface area contributed by atoms with Gasteiger partial charge in [0, 0.05) is 5.69 Å². The van der Waals surface area contributed by atoms with E-state index in [1.807, 2.05) is 32.0 Å². The van der Waals surface area contributed by atoms with Crippen molar-refractivity contribution in [2.24, 2.45) is 0 Å². The van der Waals surface area contributed by atoms with E-state index in [4.69, 9.17) is 5.11 Å². The van der Waals surface area contributed by atoms with Gasteiger partial charge in [0.05, 0.1) is 5.69 Å². The van der Waals surface area contributed by atoms with Crippen LogP contribution in [0.2, 0.25) is 0 Å². The van der Waals surface area contributed by atoms with Gasteiger partial charge in [-0.3, -0.25) is 0 Å². The molecule has 0 fully saturated rings. The number of carboxylic acid groups (broad SMARTS) is 1. The molecule has 2 aromatic rings. The van der Waals surface area contributed by atoms with Crippen molar-refractivity contribution in [3.63, 3.8) is 0 Å². The summed E-state index contributed by atoms with van der Waals surface area (Å²) in [6.45, 7) is 3.89. The maximum Gasteiger partial charge on any atom is 0.340 e. The van der Waals surface area contributed by atoms with Crippen molar-refractivity contribution in [3.05, 3.63) is 58.9 Å². The van der Waals surface area contributed by atoms with E-state index >= 15 is 0 Å². The van der Waals surface area contributed by atoms with Crippen LogP contribution in [0.4, 0.5) is 15.8 Å². The fourth-order valence-electron chi connectivity index (χ4n) is 1.88. The summed E-state index contributed by atoms with van der Waals surface area (Å²) in [6.07, 6.45) is 0. The second-order valence-corrected chi connectivity index (χ2v) is 4.34. The molecular formula is C15H14FNO2. The van der Waals surface area contributed by atoms with E-state index in [0.29, 0.717) is 0 Å². The highest BCUT2D eigenvalue weighted by Crippen LogP contribution is 2.26. The van der Waals surface area contributed by atoms with Crippen LogP contribution in [0.3, 0.4) is 0 Å². The largest absolute Gasteiger partial charge is 0.478 e. The van der Waals surface area contributed by atoms with Gasteiger partial charge in [-0.1, -0.05) is 18.2 Å². The molecule has 0 bridgehead atoms. The van der Waals surface area contributed by atoms with E-state index in [0.717, 1.165) is 22.9 Å². The first-order valence-electron chi connectivity index (χ1n) is 5.85. The Morgan fingerprint density at radius 3 is 2.42 bits per heavy atom. The van der Waals surface area contributed by atoms with Gasteiger partial charge in [-0.2, -0.15) is 0 Å². The number of aryl methyl sites for hydroxylation is 1. The average Bonchev–Trinajstić information content (AvgIpc) is 2.34. The number of carbonyl (C=O) groups is 1. The van der Waals surface area contributed by atoms with Crippen molar-refractivity contribution in [2.45, 2.75) is 13.8 Å². The van der Waals surface area contributed by atoms with Gasteiger partial charge in [0.2, 0.25) is 0 Å². The minimum Gasteiger partial charge on any atom is -0.478 e. The Hall–Kier alpha value is -2.36. The third-order valence-corrected chi connectivity index (χ3v) is 3.10. The average molecular weight is 259 g/mol. The third kappa shape index (κ3) is 2.57. The van der Waals surface area contributed by atoms with E-state index in [2.05, 4.69) is 5.32 Å². The lowest BCUT2D eigenvalue weighted by atomic mass is 10.1. The van der Waals surface area contributed by atoms with E-state index in [1.165, 1.54) is 6.07 Å². The molecule has 2 N–H and O–H groups in total. The first kappa shape index (κ1) is 13.1. The van der Waals surface area contributed by atoms with Crippen molar-refractivity contribution in [1.82, 2.24) is 0 Å². The standard InChI is InChI=1S/C15H14FNO2/c1-9-5-3-7-12(10(9)2)17-13-8-4-6-11(16)14(13)15(18)19/h3-8,17H,1-2H3,(H,18,19). The minimum absolute atomic E-state index is 0.251. The highest BCUT2D eigenvalue weighted by molar-refractivity contribution is 5.95. The number of carboxylic acids is 1. The van der Waals surface area contributed by atoms with E-state index in [9.17, 15) is 9.18 Å². The predicted octanol–water partition coefficient (Wildman–Crippen LogP) is 3.88. The number of halogens is 1. The summed E-state index contributed by atoms with van der Waals surface area (Å²) in [5, 5.41) is 12.1. The molecule has 2 aromatic carbocycles. The van der Waals surface area contributed by atoms with Crippen LogP contribution >= 0.6 is 0 Å². The zero-order valence-corrected chi connectivity index (χ0v) is 10.7. The molecule has 4 heteroatoms. The number of hydrogen-bond acceptors (Lipinski definition) is 2. The highest BCUT2D eigenvalue weighted by Gasteiger charge is 2.16. The molecular weight excluding hydrogens is 245 g/mol. The van der Waals surface area contributed by atoms with Crippen molar-refractivity contribution in [2.75, 3.05) is 5.32 Å². The molecule has 3 nitrogen and oxygen atoms in total. The lowest BCUT2D eigenvalue weighted by Crippen LogP contribution is -2.06. The molecule has 2 rings (SSSR count). The number of anilines is 2. The molecule has 0 heterocycles. The van der Waals surface area contributed by atoms with Gasteiger partial charge in [-0.05, 0) is 43.2 Å². The Bertz CT molecular complexity index is 638. The number of hydrogen-bond donors (Lipinski definition) is 2. The minimum atomic E-state index is -1.29. The van der Waals surface area contributed by atoms with Crippen LogP contribution in [0.25, 0.3) is 0 Å². The van der Waals surface area contributed by atoms with Crippen LogP contribution in [0.1, 0.15) is 21.5 Å². The summed E-state index contributed by atoms with van der Waals surface area (Å²) >= 11 is 0. The normalized spacial score (nSPS) is 10.3. The van der Waals surface area contributed by atoms with Crippen LogP contribution < -0.4 is 5.32 Å². The Balaban J connectivity index is 2.47. The van der Waals surface area contributed by atoms with Crippen LogP contribution in [-0.4, -0.2) is 11.1 Å². The van der Waals surface area contributed by atoms with Crippen LogP contribution in [0.15, 0.2) is 36.4 Å². The van der Waals surface area contributed by atoms with Gasteiger partial charge in [-0.15, -0.1) is 0 Å². The van der Waals surface area contributed by atoms with Gasteiger partial charge in [0.25, 0.3) is 0 Å². The molecule has 0 aliphatic heterocycles. The molecule has 19 heavy (non-hydrogen) atoms. The summed E-state index contributed by atoms with van der Waals surface area (Å²) in [4.78, 5) is 11.1. The second-order valence-electron chi connectivity index (χ2n) is 4.34. The predicted molar refractivity (Wildman–Crippen MR) is 72.6 cm³/mol. The first-order valence-corrected chi connectivity index (χ1v) is 5.85. The quantitative estimate of drug-likeness (QED) is 0.879. The second kappa shape index (κ2) is 5.10. The van der Waals surface area contributed by atoms with Crippen molar-refractivity contribution in [1.29, 1.82) is 0 Å². The molecule has 0 atom stereocenters. The van der Waals surface area contributed by atoms with Gasteiger partial charge in [0.1, 0.15) is 11.4 Å². The smallest absolute Gasteiger partial charge is 0.340 e. The maximum atomic E-state index is 13.6. The van der Waals surface area contributed by atoms with E-state index in [-0.39, 0.29) is 11.3 Å². The number of nitrogens with one attached hydrogen (secondary N) is 1. The lowest BCUT2D eigenvalue weighted by Gasteiger charge is -2.13. The van der Waals surface area contributed by atoms with Crippen LogP contribution in [0.5, 0.6) is 0 Å². The molecule has 0 amide bonds. The SMILES string of the molecule is Cc1cccc(Nc2cccc(F)c2C(=O)O)c1C. The number of benzene rings is 2. The summed E-state index contributed by atoms with van der Waals surface area (Å²) in [6, 6.07) is 9.83. The van der Waals surface area contributed by atoms with E-state index in [1.54, 1.807) is 6.07 Å². The van der Waals surface area contributed by atoms with Crippen LogP contribution in [-0.2, 0) is 0 Å². The molecule has 0 saturated carbocycles. The van der Waals surface area contributed by atoms with Gasteiger partial charge >= 0.3 is 5.97 Å².